The molecule has 0 aliphatic heterocycles. The SMILES string of the molecule is O=C(O)CCC[C@H]1CCCc2ccccc21. The number of rotatable bonds is 4. The number of carboxylic acids is 1. The topological polar surface area (TPSA) is 37.3 Å². The molecule has 0 heterocycles. The highest BCUT2D eigenvalue weighted by Gasteiger charge is 2.19. The van der Waals surface area contributed by atoms with Crippen LogP contribution in [0.5, 0.6) is 0 Å². The van der Waals surface area contributed by atoms with Crippen molar-refractivity contribution in [3.8, 4) is 0 Å². The van der Waals surface area contributed by atoms with Gasteiger partial charge in [-0.1, -0.05) is 24.3 Å². The molecule has 0 aromatic heterocycles. The Hall–Kier alpha value is -1.31. The predicted octanol–water partition coefficient (Wildman–Crippen LogP) is 3.36. The summed E-state index contributed by atoms with van der Waals surface area (Å²) in [7, 11) is 0. The standard InChI is InChI=1S/C14H18O2/c15-14(16)10-4-8-12-7-3-6-11-5-1-2-9-13(11)12/h1-2,5,9,12H,3-4,6-8,10H2,(H,15,16)/t12-/m1/s1. The van der Waals surface area contributed by atoms with Crippen LogP contribution in [0.1, 0.15) is 49.1 Å². The largest absolute Gasteiger partial charge is 0.481 e. The molecule has 0 fully saturated rings. The number of carboxylic acid groups (broad SMARTS) is 1. The van der Waals surface area contributed by atoms with E-state index in [1.165, 1.54) is 30.4 Å². The number of fused-ring (bicyclic) bond motifs is 1. The zero-order chi connectivity index (χ0) is 11.4. The summed E-state index contributed by atoms with van der Waals surface area (Å²) in [6.07, 6.45) is 5.77. The van der Waals surface area contributed by atoms with E-state index in [2.05, 4.69) is 24.3 Å². The van der Waals surface area contributed by atoms with Crippen molar-refractivity contribution in [1.29, 1.82) is 0 Å². The number of hydrogen-bond donors (Lipinski definition) is 1. The van der Waals surface area contributed by atoms with Crippen molar-refractivity contribution < 1.29 is 9.90 Å². The maximum absolute atomic E-state index is 10.5. The molecule has 0 saturated heterocycles. The Morgan fingerprint density at radius 3 is 3.00 bits per heavy atom. The Bertz CT molecular complexity index is 371. The van der Waals surface area contributed by atoms with E-state index in [1.54, 1.807) is 0 Å². The van der Waals surface area contributed by atoms with Crippen LogP contribution >= 0.6 is 0 Å². The molecule has 0 spiro atoms. The summed E-state index contributed by atoms with van der Waals surface area (Å²) in [6.45, 7) is 0. The summed E-state index contributed by atoms with van der Waals surface area (Å²) in [5.74, 6) is -0.0894. The Balaban J connectivity index is 1.99. The quantitative estimate of drug-likeness (QED) is 0.841. The molecule has 0 saturated carbocycles. The summed E-state index contributed by atoms with van der Waals surface area (Å²) in [5.41, 5.74) is 2.92. The second kappa shape index (κ2) is 5.15. The molecule has 0 radical (unpaired) electrons. The minimum absolute atomic E-state index is 0.304. The van der Waals surface area contributed by atoms with E-state index in [1.807, 2.05) is 0 Å². The van der Waals surface area contributed by atoms with Crippen LogP contribution in [0, 0.1) is 0 Å². The second-order valence-corrected chi connectivity index (χ2v) is 4.57. The van der Waals surface area contributed by atoms with Gasteiger partial charge in [0.1, 0.15) is 0 Å². The lowest BCUT2D eigenvalue weighted by atomic mass is 9.80. The van der Waals surface area contributed by atoms with Crippen molar-refractivity contribution in [3.63, 3.8) is 0 Å². The lowest BCUT2D eigenvalue weighted by Gasteiger charge is -2.25. The summed E-state index contributed by atoms with van der Waals surface area (Å²) >= 11 is 0. The van der Waals surface area contributed by atoms with E-state index in [-0.39, 0.29) is 0 Å². The lowest BCUT2D eigenvalue weighted by molar-refractivity contribution is -0.137. The van der Waals surface area contributed by atoms with Gasteiger partial charge in [-0.05, 0) is 49.1 Å². The smallest absolute Gasteiger partial charge is 0.303 e. The van der Waals surface area contributed by atoms with Crippen LogP contribution in [0.4, 0.5) is 0 Å². The van der Waals surface area contributed by atoms with Crippen molar-refractivity contribution in [2.75, 3.05) is 0 Å². The molecular weight excluding hydrogens is 200 g/mol. The number of benzene rings is 1. The molecule has 1 aromatic carbocycles. The van der Waals surface area contributed by atoms with Gasteiger partial charge in [-0.2, -0.15) is 0 Å². The molecule has 1 aliphatic rings. The highest BCUT2D eigenvalue weighted by atomic mass is 16.4. The number of aliphatic carboxylic acids is 1. The Kier molecular flexibility index (Phi) is 3.60. The Labute approximate surface area is 96.3 Å². The first-order chi connectivity index (χ1) is 7.77. The molecule has 0 bridgehead atoms. The minimum atomic E-state index is -0.677. The minimum Gasteiger partial charge on any atom is -0.481 e. The summed E-state index contributed by atoms with van der Waals surface area (Å²) in [4.78, 5) is 10.5. The van der Waals surface area contributed by atoms with E-state index >= 15 is 0 Å². The Morgan fingerprint density at radius 1 is 1.38 bits per heavy atom. The van der Waals surface area contributed by atoms with Gasteiger partial charge in [-0.25, -0.2) is 0 Å². The molecule has 2 rings (SSSR count). The van der Waals surface area contributed by atoms with Gasteiger partial charge in [-0.15, -0.1) is 0 Å². The summed E-state index contributed by atoms with van der Waals surface area (Å²) in [6, 6.07) is 8.60. The van der Waals surface area contributed by atoms with E-state index < -0.39 is 5.97 Å². The highest BCUT2D eigenvalue weighted by molar-refractivity contribution is 5.66. The van der Waals surface area contributed by atoms with Gasteiger partial charge >= 0.3 is 5.97 Å². The van der Waals surface area contributed by atoms with Gasteiger partial charge in [0, 0.05) is 6.42 Å². The number of hydrogen-bond acceptors (Lipinski definition) is 1. The van der Waals surface area contributed by atoms with E-state index in [9.17, 15) is 4.79 Å². The molecule has 0 amide bonds. The first-order valence-corrected chi connectivity index (χ1v) is 6.07. The van der Waals surface area contributed by atoms with Crippen LogP contribution in [0.15, 0.2) is 24.3 Å². The fourth-order valence-electron chi connectivity index (χ4n) is 2.65. The van der Waals surface area contributed by atoms with Crippen molar-refractivity contribution in [1.82, 2.24) is 0 Å². The second-order valence-electron chi connectivity index (χ2n) is 4.57. The van der Waals surface area contributed by atoms with Crippen LogP contribution < -0.4 is 0 Å². The third kappa shape index (κ3) is 2.63. The molecule has 86 valence electrons. The molecular formula is C14H18O2. The van der Waals surface area contributed by atoms with Gasteiger partial charge in [-0.3, -0.25) is 4.79 Å². The maximum Gasteiger partial charge on any atom is 0.303 e. The zero-order valence-electron chi connectivity index (χ0n) is 9.48. The van der Waals surface area contributed by atoms with Gasteiger partial charge in [0.15, 0.2) is 0 Å². The molecule has 1 N–H and O–H groups in total. The summed E-state index contributed by atoms with van der Waals surface area (Å²) in [5, 5.41) is 8.64. The molecule has 1 atom stereocenters. The van der Waals surface area contributed by atoms with Crippen LogP contribution in [0.2, 0.25) is 0 Å². The van der Waals surface area contributed by atoms with E-state index in [0.717, 1.165) is 12.8 Å². The zero-order valence-corrected chi connectivity index (χ0v) is 9.48. The Morgan fingerprint density at radius 2 is 2.19 bits per heavy atom. The molecule has 16 heavy (non-hydrogen) atoms. The van der Waals surface area contributed by atoms with Gasteiger partial charge in [0.25, 0.3) is 0 Å². The van der Waals surface area contributed by atoms with E-state index in [4.69, 9.17) is 5.11 Å². The van der Waals surface area contributed by atoms with Crippen molar-refractivity contribution in [3.05, 3.63) is 35.4 Å². The average molecular weight is 218 g/mol. The third-order valence-corrected chi connectivity index (χ3v) is 3.44. The predicted molar refractivity (Wildman–Crippen MR) is 63.6 cm³/mol. The van der Waals surface area contributed by atoms with E-state index in [0.29, 0.717) is 12.3 Å². The average Bonchev–Trinajstić information content (AvgIpc) is 2.29. The third-order valence-electron chi connectivity index (χ3n) is 3.44. The maximum atomic E-state index is 10.5. The summed E-state index contributed by atoms with van der Waals surface area (Å²) < 4.78 is 0. The van der Waals surface area contributed by atoms with Crippen molar-refractivity contribution in [2.24, 2.45) is 0 Å². The van der Waals surface area contributed by atoms with Crippen molar-refractivity contribution in [2.45, 2.75) is 44.4 Å². The monoisotopic (exact) mass is 218 g/mol. The molecule has 1 aromatic rings. The molecule has 2 heteroatoms. The molecule has 2 nitrogen and oxygen atoms in total. The van der Waals surface area contributed by atoms with Crippen LogP contribution in [-0.4, -0.2) is 11.1 Å². The first-order valence-electron chi connectivity index (χ1n) is 6.07. The van der Waals surface area contributed by atoms with Gasteiger partial charge in [0.05, 0.1) is 0 Å². The molecule has 0 unspecified atom stereocenters. The highest BCUT2D eigenvalue weighted by Crippen LogP contribution is 2.34. The number of aryl methyl sites for hydroxylation is 1. The van der Waals surface area contributed by atoms with Gasteiger partial charge < -0.3 is 5.11 Å². The van der Waals surface area contributed by atoms with Crippen molar-refractivity contribution >= 4 is 5.97 Å². The van der Waals surface area contributed by atoms with Crippen LogP contribution in [0.3, 0.4) is 0 Å². The lowest BCUT2D eigenvalue weighted by Crippen LogP contribution is -2.10. The first kappa shape index (κ1) is 11.2. The fourth-order valence-corrected chi connectivity index (χ4v) is 2.65. The molecule has 1 aliphatic carbocycles. The fraction of sp³-hybridized carbons (Fsp3) is 0.500. The number of carbonyl (C=O) groups is 1. The van der Waals surface area contributed by atoms with Gasteiger partial charge in [0.2, 0.25) is 0 Å². The van der Waals surface area contributed by atoms with Crippen LogP contribution in [0.25, 0.3) is 0 Å². The van der Waals surface area contributed by atoms with Crippen LogP contribution in [-0.2, 0) is 11.2 Å². The normalized spacial score (nSPS) is 19.1.